The van der Waals surface area contributed by atoms with Gasteiger partial charge in [0, 0.05) is 38.5 Å². The van der Waals surface area contributed by atoms with Gasteiger partial charge in [-0.1, -0.05) is 63.5 Å². The van der Waals surface area contributed by atoms with Gasteiger partial charge >= 0.3 is 0 Å². The summed E-state index contributed by atoms with van der Waals surface area (Å²) in [5.41, 5.74) is 12.7. The van der Waals surface area contributed by atoms with Gasteiger partial charge in [0.15, 0.2) is 0 Å². The number of ketones is 1. The maximum Gasteiger partial charge on any atom is 0.222 e. The van der Waals surface area contributed by atoms with Crippen LogP contribution in [0.2, 0.25) is 0 Å². The van der Waals surface area contributed by atoms with Gasteiger partial charge in [-0.05, 0) is 51.4 Å². The van der Waals surface area contributed by atoms with Gasteiger partial charge in [-0.15, -0.1) is 0 Å². The van der Waals surface area contributed by atoms with E-state index in [2.05, 4.69) is 13.0 Å². The van der Waals surface area contributed by atoms with E-state index in [0.717, 1.165) is 32.1 Å². The summed E-state index contributed by atoms with van der Waals surface area (Å²) in [5, 5.41) is 0. The third kappa shape index (κ3) is 12.4. The smallest absolute Gasteiger partial charge is 0.222 e. The molecule has 180 valence electrons. The lowest BCUT2D eigenvalue weighted by Crippen LogP contribution is -2.38. The van der Waals surface area contributed by atoms with Crippen LogP contribution >= 0.6 is 0 Å². The largest absolute Gasteiger partial charge is 0.340 e. The lowest BCUT2D eigenvalue weighted by molar-refractivity contribution is -0.131. The molecule has 0 aliphatic heterocycles. The van der Waals surface area contributed by atoms with Gasteiger partial charge in [-0.3, -0.25) is 9.59 Å². The number of unbranched alkanes of at least 4 members (excludes halogenated alkanes) is 7. The Balaban J connectivity index is 2.27. The molecule has 5 heteroatoms. The molecule has 31 heavy (non-hydrogen) atoms. The lowest BCUT2D eigenvalue weighted by Gasteiger charge is -2.27. The van der Waals surface area contributed by atoms with Crippen LogP contribution in [0.3, 0.4) is 0 Å². The monoisotopic (exact) mass is 435 g/mol. The molecule has 0 spiro atoms. The third-order valence-corrected chi connectivity index (χ3v) is 6.61. The highest BCUT2D eigenvalue weighted by molar-refractivity contribution is 5.78. The van der Waals surface area contributed by atoms with Crippen molar-refractivity contribution in [3.8, 4) is 0 Å². The molecule has 4 N–H and O–H groups in total. The van der Waals surface area contributed by atoms with Crippen molar-refractivity contribution in [1.82, 2.24) is 4.90 Å². The molecule has 2 atom stereocenters. The number of hydrogen-bond acceptors (Lipinski definition) is 4. The van der Waals surface area contributed by atoms with Gasteiger partial charge in [-0.25, -0.2) is 0 Å². The lowest BCUT2D eigenvalue weighted by atomic mass is 9.77. The summed E-state index contributed by atoms with van der Waals surface area (Å²) in [4.78, 5) is 26.0. The second-order valence-corrected chi connectivity index (χ2v) is 9.41. The molecule has 1 amide bonds. The minimum absolute atomic E-state index is 0.184. The summed E-state index contributed by atoms with van der Waals surface area (Å²) in [6.45, 7) is 6.21. The van der Waals surface area contributed by atoms with E-state index in [1.165, 1.54) is 56.9 Å². The average molecular weight is 436 g/mol. The van der Waals surface area contributed by atoms with Crippen molar-refractivity contribution >= 4 is 11.7 Å². The van der Waals surface area contributed by atoms with E-state index < -0.39 is 0 Å². The first-order chi connectivity index (χ1) is 15.0. The summed E-state index contributed by atoms with van der Waals surface area (Å²) in [6, 6.07) is 0. The molecule has 1 rings (SSSR count). The fraction of sp³-hybridized carbons (Fsp3) is 0.846. The molecule has 0 heterocycles. The molecule has 1 aliphatic carbocycles. The Morgan fingerprint density at radius 2 is 1.61 bits per heavy atom. The summed E-state index contributed by atoms with van der Waals surface area (Å²) < 4.78 is 0. The fourth-order valence-electron chi connectivity index (χ4n) is 4.75. The van der Waals surface area contributed by atoms with Crippen molar-refractivity contribution < 1.29 is 9.59 Å². The molecule has 0 aromatic rings. The number of nitrogens with zero attached hydrogens (tertiary/aromatic N) is 1. The van der Waals surface area contributed by atoms with E-state index in [9.17, 15) is 9.59 Å². The number of Topliss-reactive ketones (excluding diaryl/α,β-unsaturated/α-hetero) is 1. The van der Waals surface area contributed by atoms with Gasteiger partial charge in [0.1, 0.15) is 5.78 Å². The standard InChI is InChI=1S/C26H49N3O2/c1-3-4-5-9-12-23-19-24(21-25(20-23)22(2)30)13-10-7-6-8-11-14-26(31)29(17-15-27)18-16-28/h19,23,25H,3-18,20-21,27-28H2,1-2H3. The zero-order valence-corrected chi connectivity index (χ0v) is 20.4. The molecule has 5 nitrogen and oxygen atoms in total. The van der Waals surface area contributed by atoms with Crippen molar-refractivity contribution in [3.63, 3.8) is 0 Å². The Hall–Kier alpha value is -1.20. The minimum atomic E-state index is 0.184. The van der Waals surface area contributed by atoms with Crippen molar-refractivity contribution in [3.05, 3.63) is 11.6 Å². The number of allylic oxidation sites excluding steroid dienone is 2. The molecule has 0 saturated carbocycles. The highest BCUT2D eigenvalue weighted by Gasteiger charge is 2.25. The second kappa shape index (κ2) is 17.4. The molecule has 0 bridgehead atoms. The highest BCUT2D eigenvalue weighted by atomic mass is 16.2. The van der Waals surface area contributed by atoms with Crippen LogP contribution in [0.1, 0.15) is 104 Å². The Labute approximate surface area is 191 Å². The molecule has 0 saturated heterocycles. The highest BCUT2D eigenvalue weighted by Crippen LogP contribution is 2.34. The molecular formula is C26H49N3O2. The average Bonchev–Trinajstić information content (AvgIpc) is 2.75. The summed E-state index contributed by atoms with van der Waals surface area (Å²) in [7, 11) is 0. The molecule has 0 radical (unpaired) electrons. The quantitative estimate of drug-likeness (QED) is 0.235. The van der Waals surface area contributed by atoms with Gasteiger partial charge in [0.2, 0.25) is 5.91 Å². The third-order valence-electron chi connectivity index (χ3n) is 6.61. The van der Waals surface area contributed by atoms with E-state index in [1.807, 2.05) is 0 Å². The molecule has 0 fully saturated rings. The van der Waals surface area contributed by atoms with E-state index in [4.69, 9.17) is 11.5 Å². The van der Waals surface area contributed by atoms with E-state index in [1.54, 1.807) is 11.8 Å². The van der Waals surface area contributed by atoms with Gasteiger partial charge in [-0.2, -0.15) is 0 Å². The van der Waals surface area contributed by atoms with Gasteiger partial charge < -0.3 is 16.4 Å². The van der Waals surface area contributed by atoms with E-state index >= 15 is 0 Å². The summed E-state index contributed by atoms with van der Waals surface area (Å²) in [6.07, 6.45) is 18.3. The number of hydrogen-bond donors (Lipinski definition) is 2. The molecule has 2 unspecified atom stereocenters. The number of carbonyl (C=O) groups excluding carboxylic acids is 2. The van der Waals surface area contributed by atoms with Crippen LogP contribution < -0.4 is 11.5 Å². The topological polar surface area (TPSA) is 89.4 Å². The first-order valence-electron chi connectivity index (χ1n) is 12.9. The van der Waals surface area contributed by atoms with Crippen LogP contribution in [0.5, 0.6) is 0 Å². The maximum atomic E-state index is 12.2. The van der Waals surface area contributed by atoms with E-state index in [0.29, 0.717) is 44.3 Å². The predicted molar refractivity (Wildman–Crippen MR) is 131 cm³/mol. The number of amides is 1. The zero-order chi connectivity index (χ0) is 22.9. The Bertz CT molecular complexity index is 527. The van der Waals surface area contributed by atoms with Gasteiger partial charge in [0.05, 0.1) is 0 Å². The zero-order valence-electron chi connectivity index (χ0n) is 20.4. The van der Waals surface area contributed by atoms with Gasteiger partial charge in [0.25, 0.3) is 0 Å². The van der Waals surface area contributed by atoms with Crippen molar-refractivity contribution in [2.24, 2.45) is 23.3 Å². The number of rotatable bonds is 18. The molecular weight excluding hydrogens is 386 g/mol. The Morgan fingerprint density at radius 3 is 2.26 bits per heavy atom. The minimum Gasteiger partial charge on any atom is -0.340 e. The van der Waals surface area contributed by atoms with Crippen molar-refractivity contribution in [1.29, 1.82) is 0 Å². The fourth-order valence-corrected chi connectivity index (χ4v) is 4.75. The summed E-state index contributed by atoms with van der Waals surface area (Å²) >= 11 is 0. The second-order valence-electron chi connectivity index (χ2n) is 9.41. The SMILES string of the molecule is CCCCCCC1C=C(CCCCCCCC(=O)N(CCN)CCN)CC(C(C)=O)C1. The normalized spacial score (nSPS) is 18.6. The van der Waals surface area contributed by atoms with Crippen LogP contribution in [0.4, 0.5) is 0 Å². The van der Waals surface area contributed by atoms with Crippen LogP contribution in [-0.2, 0) is 9.59 Å². The van der Waals surface area contributed by atoms with Crippen LogP contribution in [-0.4, -0.2) is 42.8 Å². The number of nitrogens with two attached hydrogens (primary N) is 2. The molecule has 0 aromatic heterocycles. The Kier molecular flexibility index (Phi) is 15.6. The van der Waals surface area contributed by atoms with Crippen LogP contribution in [0, 0.1) is 11.8 Å². The summed E-state index contributed by atoms with van der Waals surface area (Å²) in [5.74, 6) is 1.40. The van der Waals surface area contributed by atoms with E-state index in [-0.39, 0.29) is 11.8 Å². The predicted octanol–water partition coefficient (Wildman–Crippen LogP) is 4.98. The number of carbonyl (C=O) groups is 2. The molecule has 0 aromatic carbocycles. The first-order valence-corrected chi connectivity index (χ1v) is 12.9. The van der Waals surface area contributed by atoms with Crippen LogP contribution in [0.15, 0.2) is 11.6 Å². The Morgan fingerprint density at radius 1 is 0.968 bits per heavy atom. The van der Waals surface area contributed by atoms with Crippen molar-refractivity contribution in [2.75, 3.05) is 26.2 Å². The first kappa shape index (κ1) is 27.8. The van der Waals surface area contributed by atoms with Crippen molar-refractivity contribution in [2.45, 2.75) is 104 Å². The molecule has 1 aliphatic rings. The maximum absolute atomic E-state index is 12.2. The van der Waals surface area contributed by atoms with Crippen LogP contribution in [0.25, 0.3) is 0 Å².